The maximum absolute atomic E-state index is 12.1. The Labute approximate surface area is 116 Å². The maximum atomic E-state index is 12.1. The minimum Gasteiger partial charge on any atom is -0.478 e. The van der Waals surface area contributed by atoms with E-state index in [0.29, 0.717) is 5.56 Å². The number of anilines is 1. The van der Waals surface area contributed by atoms with E-state index in [2.05, 4.69) is 9.71 Å². The number of rotatable bonds is 4. The van der Waals surface area contributed by atoms with Crippen LogP contribution in [-0.2, 0) is 10.0 Å². The summed E-state index contributed by atoms with van der Waals surface area (Å²) in [6, 6.07) is 7.16. The monoisotopic (exact) mass is 292 g/mol. The van der Waals surface area contributed by atoms with Gasteiger partial charge in [0.1, 0.15) is 4.90 Å². The lowest BCUT2D eigenvalue weighted by Gasteiger charge is -2.11. The van der Waals surface area contributed by atoms with Crippen molar-refractivity contribution in [3.8, 4) is 0 Å². The number of pyridine rings is 1. The lowest BCUT2D eigenvalue weighted by molar-refractivity contribution is 0.0697. The van der Waals surface area contributed by atoms with E-state index in [-0.39, 0.29) is 16.1 Å². The Morgan fingerprint density at radius 1 is 1.30 bits per heavy atom. The van der Waals surface area contributed by atoms with Gasteiger partial charge in [0.25, 0.3) is 10.0 Å². The van der Waals surface area contributed by atoms with Crippen molar-refractivity contribution in [3.05, 3.63) is 53.9 Å². The third-order valence-corrected chi connectivity index (χ3v) is 4.02. The standard InChI is InChI=1S/C13H12N2O4S/c1-9-4-5-10(13(16)17)7-12(9)15-20(18,19)11-3-2-6-14-8-11/h2-8,15H,1H3,(H,16,17). The smallest absolute Gasteiger partial charge is 0.335 e. The number of nitrogens with one attached hydrogen (secondary N) is 1. The summed E-state index contributed by atoms with van der Waals surface area (Å²) in [5.74, 6) is -1.12. The van der Waals surface area contributed by atoms with Gasteiger partial charge in [0.2, 0.25) is 0 Å². The molecule has 0 aliphatic heterocycles. The van der Waals surface area contributed by atoms with Gasteiger partial charge in [-0.25, -0.2) is 13.2 Å². The number of sulfonamides is 1. The largest absolute Gasteiger partial charge is 0.478 e. The number of aryl methyl sites for hydroxylation is 1. The van der Waals surface area contributed by atoms with E-state index in [9.17, 15) is 13.2 Å². The van der Waals surface area contributed by atoms with Crippen LogP contribution in [0.15, 0.2) is 47.6 Å². The van der Waals surface area contributed by atoms with Gasteiger partial charge in [0.15, 0.2) is 0 Å². The SMILES string of the molecule is Cc1ccc(C(=O)O)cc1NS(=O)(=O)c1cccnc1. The van der Waals surface area contributed by atoms with Crippen LogP contribution < -0.4 is 4.72 Å². The molecule has 6 nitrogen and oxygen atoms in total. The van der Waals surface area contributed by atoms with E-state index in [1.165, 1.54) is 36.7 Å². The van der Waals surface area contributed by atoms with Crippen molar-refractivity contribution in [2.45, 2.75) is 11.8 Å². The van der Waals surface area contributed by atoms with Gasteiger partial charge in [-0.2, -0.15) is 0 Å². The fourth-order valence-electron chi connectivity index (χ4n) is 1.57. The highest BCUT2D eigenvalue weighted by atomic mass is 32.2. The zero-order valence-electron chi connectivity index (χ0n) is 10.6. The zero-order valence-corrected chi connectivity index (χ0v) is 11.4. The van der Waals surface area contributed by atoms with Crippen molar-refractivity contribution in [1.29, 1.82) is 0 Å². The first-order valence-electron chi connectivity index (χ1n) is 5.67. The second kappa shape index (κ2) is 5.30. The van der Waals surface area contributed by atoms with E-state index >= 15 is 0 Å². The van der Waals surface area contributed by atoms with Crippen molar-refractivity contribution in [2.75, 3.05) is 4.72 Å². The maximum Gasteiger partial charge on any atom is 0.335 e. The van der Waals surface area contributed by atoms with Gasteiger partial charge >= 0.3 is 5.97 Å². The lowest BCUT2D eigenvalue weighted by atomic mass is 10.1. The molecule has 104 valence electrons. The van der Waals surface area contributed by atoms with Crippen LogP contribution in [-0.4, -0.2) is 24.5 Å². The molecule has 20 heavy (non-hydrogen) atoms. The van der Waals surface area contributed by atoms with Crippen LogP contribution in [0.1, 0.15) is 15.9 Å². The average Bonchev–Trinajstić information content (AvgIpc) is 2.42. The molecule has 0 aliphatic carbocycles. The number of nitrogens with zero attached hydrogens (tertiary/aromatic N) is 1. The zero-order chi connectivity index (χ0) is 14.8. The number of carbonyl (C=O) groups is 1. The Hall–Kier alpha value is -2.41. The first kappa shape index (κ1) is 14.0. The predicted molar refractivity (Wildman–Crippen MR) is 73.2 cm³/mol. The summed E-state index contributed by atoms with van der Waals surface area (Å²) in [4.78, 5) is 14.7. The summed E-state index contributed by atoms with van der Waals surface area (Å²) in [5.41, 5.74) is 0.871. The van der Waals surface area contributed by atoms with Crippen molar-refractivity contribution >= 4 is 21.7 Å². The van der Waals surface area contributed by atoms with Crippen molar-refractivity contribution < 1.29 is 18.3 Å². The Balaban J connectivity index is 2.39. The van der Waals surface area contributed by atoms with Gasteiger partial charge < -0.3 is 5.11 Å². The average molecular weight is 292 g/mol. The van der Waals surface area contributed by atoms with Crippen LogP contribution >= 0.6 is 0 Å². The molecule has 0 bridgehead atoms. The van der Waals surface area contributed by atoms with Gasteiger partial charge in [0.05, 0.1) is 11.3 Å². The fourth-order valence-corrected chi connectivity index (χ4v) is 2.66. The van der Waals surface area contributed by atoms with E-state index in [0.717, 1.165) is 0 Å². The van der Waals surface area contributed by atoms with E-state index in [4.69, 9.17) is 5.11 Å². The van der Waals surface area contributed by atoms with Crippen molar-refractivity contribution in [3.63, 3.8) is 0 Å². The normalized spacial score (nSPS) is 11.1. The molecule has 0 saturated carbocycles. The van der Waals surface area contributed by atoms with E-state index < -0.39 is 16.0 Å². The third-order valence-electron chi connectivity index (χ3n) is 2.67. The highest BCUT2D eigenvalue weighted by Crippen LogP contribution is 2.20. The molecule has 0 unspecified atom stereocenters. The van der Waals surface area contributed by atoms with Crippen LogP contribution in [0.25, 0.3) is 0 Å². The number of carboxylic acids is 1. The summed E-state index contributed by atoms with van der Waals surface area (Å²) in [7, 11) is -3.78. The number of aromatic carboxylic acids is 1. The molecule has 1 aromatic heterocycles. The second-order valence-electron chi connectivity index (χ2n) is 4.13. The van der Waals surface area contributed by atoms with Crippen molar-refractivity contribution in [2.24, 2.45) is 0 Å². The van der Waals surface area contributed by atoms with Gasteiger partial charge in [-0.1, -0.05) is 6.07 Å². The molecule has 0 fully saturated rings. The van der Waals surface area contributed by atoms with Crippen LogP contribution in [0.4, 0.5) is 5.69 Å². The molecule has 7 heteroatoms. The van der Waals surface area contributed by atoms with Gasteiger partial charge in [-0.3, -0.25) is 9.71 Å². The molecular weight excluding hydrogens is 280 g/mol. The molecule has 0 saturated heterocycles. The minimum atomic E-state index is -3.78. The Kier molecular flexibility index (Phi) is 3.71. The fraction of sp³-hybridized carbons (Fsp3) is 0.0769. The topological polar surface area (TPSA) is 96.4 Å². The number of hydrogen-bond acceptors (Lipinski definition) is 4. The third kappa shape index (κ3) is 2.94. The van der Waals surface area contributed by atoms with E-state index in [1.54, 1.807) is 13.0 Å². The molecule has 0 radical (unpaired) electrons. The Morgan fingerprint density at radius 3 is 2.65 bits per heavy atom. The first-order valence-corrected chi connectivity index (χ1v) is 7.15. The summed E-state index contributed by atoms with van der Waals surface area (Å²) in [5, 5.41) is 8.93. The lowest BCUT2D eigenvalue weighted by Crippen LogP contribution is -2.14. The predicted octanol–water partition coefficient (Wildman–Crippen LogP) is 1.89. The van der Waals surface area contributed by atoms with Crippen LogP contribution in [0, 0.1) is 6.92 Å². The number of hydrogen-bond donors (Lipinski definition) is 2. The van der Waals surface area contributed by atoms with Crippen LogP contribution in [0.3, 0.4) is 0 Å². The van der Waals surface area contributed by atoms with Crippen molar-refractivity contribution in [1.82, 2.24) is 4.98 Å². The molecule has 0 amide bonds. The molecule has 1 aromatic carbocycles. The first-order chi connectivity index (χ1) is 9.40. The van der Waals surface area contributed by atoms with Gasteiger partial charge in [-0.05, 0) is 36.8 Å². The summed E-state index contributed by atoms with van der Waals surface area (Å²) in [6.45, 7) is 1.69. The van der Waals surface area contributed by atoms with E-state index in [1.807, 2.05) is 0 Å². The molecule has 0 spiro atoms. The van der Waals surface area contributed by atoms with Crippen LogP contribution in [0.5, 0.6) is 0 Å². The molecular formula is C13H12N2O4S. The van der Waals surface area contributed by atoms with Gasteiger partial charge in [0, 0.05) is 12.4 Å². The number of benzene rings is 1. The molecule has 2 rings (SSSR count). The number of aromatic nitrogens is 1. The Morgan fingerprint density at radius 2 is 2.05 bits per heavy atom. The molecule has 2 N–H and O–H groups in total. The molecule has 0 aliphatic rings. The molecule has 0 atom stereocenters. The highest BCUT2D eigenvalue weighted by molar-refractivity contribution is 7.92. The minimum absolute atomic E-state index is 0.0134. The molecule has 1 heterocycles. The summed E-state index contributed by atoms with van der Waals surface area (Å²) < 4.78 is 26.6. The summed E-state index contributed by atoms with van der Waals surface area (Å²) in [6.07, 6.45) is 2.69. The second-order valence-corrected chi connectivity index (χ2v) is 5.81. The highest BCUT2D eigenvalue weighted by Gasteiger charge is 2.16. The summed E-state index contributed by atoms with van der Waals surface area (Å²) >= 11 is 0. The Bertz CT molecular complexity index is 742. The van der Waals surface area contributed by atoms with Gasteiger partial charge in [-0.15, -0.1) is 0 Å². The quantitative estimate of drug-likeness (QED) is 0.897. The molecule has 2 aromatic rings. The van der Waals surface area contributed by atoms with Crippen LogP contribution in [0.2, 0.25) is 0 Å². The number of carboxylic acid groups (broad SMARTS) is 1.